The van der Waals surface area contributed by atoms with Crippen LogP contribution < -0.4 is 0 Å². The standard InChI is InChI=1S/C11H21NO3S/c1-16(13,14)15-11-7-3-2-6-10(11)12-8-4-5-9-12/h10-11H,2-9H2,1H3/t10-,11-/m1/s1. The van der Waals surface area contributed by atoms with Crippen LogP contribution in [0.5, 0.6) is 0 Å². The van der Waals surface area contributed by atoms with E-state index in [4.69, 9.17) is 4.18 Å². The molecule has 5 heteroatoms. The zero-order chi connectivity index (χ0) is 11.6. The van der Waals surface area contributed by atoms with Crippen LogP contribution in [0, 0.1) is 0 Å². The van der Waals surface area contributed by atoms with E-state index in [9.17, 15) is 8.42 Å². The Kier molecular flexibility index (Phi) is 3.87. The van der Waals surface area contributed by atoms with Crippen LogP contribution in [0.25, 0.3) is 0 Å². The van der Waals surface area contributed by atoms with Gasteiger partial charge in [-0.15, -0.1) is 0 Å². The number of rotatable bonds is 3. The van der Waals surface area contributed by atoms with Gasteiger partial charge in [0.15, 0.2) is 0 Å². The highest BCUT2D eigenvalue weighted by molar-refractivity contribution is 7.86. The maximum atomic E-state index is 11.2. The number of hydrogen-bond donors (Lipinski definition) is 0. The number of likely N-dealkylation sites (tertiary alicyclic amines) is 1. The lowest BCUT2D eigenvalue weighted by Gasteiger charge is -2.36. The van der Waals surface area contributed by atoms with Crippen LogP contribution in [0.3, 0.4) is 0 Å². The minimum Gasteiger partial charge on any atom is -0.298 e. The van der Waals surface area contributed by atoms with Crippen molar-refractivity contribution in [2.75, 3.05) is 19.3 Å². The lowest BCUT2D eigenvalue weighted by molar-refractivity contribution is 0.0537. The van der Waals surface area contributed by atoms with Gasteiger partial charge in [-0.1, -0.05) is 12.8 Å². The fraction of sp³-hybridized carbons (Fsp3) is 1.00. The predicted octanol–water partition coefficient (Wildman–Crippen LogP) is 1.37. The summed E-state index contributed by atoms with van der Waals surface area (Å²) < 4.78 is 27.7. The molecule has 0 aromatic rings. The van der Waals surface area contributed by atoms with Gasteiger partial charge in [-0.3, -0.25) is 9.08 Å². The lowest BCUT2D eigenvalue weighted by atomic mass is 9.91. The molecule has 0 spiro atoms. The second-order valence-electron chi connectivity index (χ2n) is 4.93. The molecule has 0 radical (unpaired) electrons. The van der Waals surface area contributed by atoms with Crippen molar-refractivity contribution in [3.63, 3.8) is 0 Å². The van der Waals surface area contributed by atoms with Gasteiger partial charge in [0, 0.05) is 6.04 Å². The van der Waals surface area contributed by atoms with Crippen LogP contribution in [0.1, 0.15) is 38.5 Å². The Labute approximate surface area is 98.1 Å². The van der Waals surface area contributed by atoms with E-state index in [1.165, 1.54) is 19.3 Å². The highest BCUT2D eigenvalue weighted by atomic mass is 32.2. The molecule has 1 aliphatic heterocycles. The smallest absolute Gasteiger partial charge is 0.264 e. The Morgan fingerprint density at radius 1 is 1.06 bits per heavy atom. The van der Waals surface area contributed by atoms with E-state index < -0.39 is 10.1 Å². The monoisotopic (exact) mass is 247 g/mol. The van der Waals surface area contributed by atoms with Crippen LogP contribution in [-0.4, -0.2) is 44.8 Å². The van der Waals surface area contributed by atoms with Gasteiger partial charge in [-0.2, -0.15) is 8.42 Å². The van der Waals surface area contributed by atoms with E-state index in [-0.39, 0.29) is 6.10 Å². The molecule has 4 nitrogen and oxygen atoms in total. The molecule has 0 amide bonds. The Bertz CT molecular complexity index is 322. The summed E-state index contributed by atoms with van der Waals surface area (Å²) >= 11 is 0. The van der Waals surface area contributed by atoms with Crippen LogP contribution >= 0.6 is 0 Å². The summed E-state index contributed by atoms with van der Waals surface area (Å²) in [5.74, 6) is 0. The molecule has 0 bridgehead atoms. The molecular weight excluding hydrogens is 226 g/mol. The molecule has 0 aromatic heterocycles. The maximum absolute atomic E-state index is 11.2. The Morgan fingerprint density at radius 3 is 2.31 bits per heavy atom. The SMILES string of the molecule is CS(=O)(=O)O[C@@H]1CCCC[C@H]1N1CCCC1. The fourth-order valence-corrected chi connectivity index (χ4v) is 3.58. The van der Waals surface area contributed by atoms with Gasteiger partial charge in [-0.25, -0.2) is 0 Å². The van der Waals surface area contributed by atoms with Crippen molar-refractivity contribution in [3.8, 4) is 0 Å². The molecule has 0 N–H and O–H groups in total. The van der Waals surface area contributed by atoms with Gasteiger partial charge >= 0.3 is 0 Å². The highest BCUT2D eigenvalue weighted by Gasteiger charge is 2.34. The average Bonchev–Trinajstić information content (AvgIpc) is 2.69. The van der Waals surface area contributed by atoms with Crippen molar-refractivity contribution in [3.05, 3.63) is 0 Å². The first-order chi connectivity index (χ1) is 7.56. The molecule has 94 valence electrons. The zero-order valence-electron chi connectivity index (χ0n) is 9.89. The van der Waals surface area contributed by atoms with Crippen molar-refractivity contribution < 1.29 is 12.6 Å². The average molecular weight is 247 g/mol. The summed E-state index contributed by atoms with van der Waals surface area (Å²) in [6, 6.07) is 0.325. The second kappa shape index (κ2) is 5.02. The molecule has 0 unspecified atom stereocenters. The normalized spacial score (nSPS) is 33.1. The van der Waals surface area contributed by atoms with E-state index in [1.54, 1.807) is 0 Å². The van der Waals surface area contributed by atoms with Gasteiger partial charge in [0.25, 0.3) is 10.1 Å². The van der Waals surface area contributed by atoms with E-state index in [2.05, 4.69) is 4.90 Å². The summed E-state index contributed by atoms with van der Waals surface area (Å²) in [4.78, 5) is 2.41. The van der Waals surface area contributed by atoms with Crippen molar-refractivity contribution >= 4 is 10.1 Å². The van der Waals surface area contributed by atoms with E-state index in [0.717, 1.165) is 38.6 Å². The van der Waals surface area contributed by atoms with Crippen molar-refractivity contribution in [2.24, 2.45) is 0 Å². The summed E-state index contributed by atoms with van der Waals surface area (Å²) in [6.45, 7) is 2.21. The maximum Gasteiger partial charge on any atom is 0.264 e. The third-order valence-electron chi connectivity index (χ3n) is 3.58. The van der Waals surface area contributed by atoms with Gasteiger partial charge in [0.1, 0.15) is 0 Å². The van der Waals surface area contributed by atoms with Crippen LogP contribution in [-0.2, 0) is 14.3 Å². The first-order valence-electron chi connectivity index (χ1n) is 6.18. The molecule has 1 saturated heterocycles. The zero-order valence-corrected chi connectivity index (χ0v) is 10.7. The molecule has 16 heavy (non-hydrogen) atoms. The molecule has 2 aliphatic rings. The molecule has 2 atom stereocenters. The largest absolute Gasteiger partial charge is 0.298 e. The second-order valence-corrected chi connectivity index (χ2v) is 6.53. The molecule has 1 heterocycles. The first-order valence-corrected chi connectivity index (χ1v) is 8.00. The number of nitrogens with zero attached hydrogens (tertiary/aromatic N) is 1. The topological polar surface area (TPSA) is 46.6 Å². The Morgan fingerprint density at radius 2 is 1.69 bits per heavy atom. The predicted molar refractivity (Wildman–Crippen MR) is 62.8 cm³/mol. The van der Waals surface area contributed by atoms with Gasteiger partial charge in [0.05, 0.1) is 12.4 Å². The van der Waals surface area contributed by atoms with E-state index in [1.807, 2.05) is 0 Å². The van der Waals surface area contributed by atoms with Crippen molar-refractivity contribution in [2.45, 2.75) is 50.7 Å². The third kappa shape index (κ3) is 3.18. The molecule has 0 aromatic carbocycles. The van der Waals surface area contributed by atoms with Gasteiger partial charge in [-0.05, 0) is 38.8 Å². The lowest BCUT2D eigenvalue weighted by Crippen LogP contribution is -2.45. The summed E-state index contributed by atoms with van der Waals surface area (Å²) in [6.07, 6.45) is 7.78. The van der Waals surface area contributed by atoms with Gasteiger partial charge < -0.3 is 0 Å². The van der Waals surface area contributed by atoms with E-state index >= 15 is 0 Å². The third-order valence-corrected chi connectivity index (χ3v) is 4.17. The Balaban J connectivity index is 2.01. The minimum atomic E-state index is -3.31. The van der Waals surface area contributed by atoms with Crippen molar-refractivity contribution in [1.29, 1.82) is 0 Å². The van der Waals surface area contributed by atoms with Crippen LogP contribution in [0.2, 0.25) is 0 Å². The Hall–Kier alpha value is -0.130. The summed E-state index contributed by atoms with van der Waals surface area (Å²) in [5.41, 5.74) is 0. The first kappa shape index (κ1) is 12.3. The molecule has 1 aliphatic carbocycles. The molecular formula is C11H21NO3S. The summed E-state index contributed by atoms with van der Waals surface area (Å²) in [7, 11) is -3.31. The van der Waals surface area contributed by atoms with Crippen molar-refractivity contribution in [1.82, 2.24) is 4.90 Å². The fourth-order valence-electron chi connectivity index (χ4n) is 2.90. The van der Waals surface area contributed by atoms with Crippen LogP contribution in [0.4, 0.5) is 0 Å². The highest BCUT2D eigenvalue weighted by Crippen LogP contribution is 2.28. The quantitative estimate of drug-likeness (QED) is 0.707. The number of hydrogen-bond acceptors (Lipinski definition) is 4. The molecule has 2 rings (SSSR count). The molecule has 2 fully saturated rings. The van der Waals surface area contributed by atoms with E-state index in [0.29, 0.717) is 6.04 Å². The minimum absolute atomic E-state index is 0.109. The molecule has 1 saturated carbocycles. The van der Waals surface area contributed by atoms with Gasteiger partial charge in [0.2, 0.25) is 0 Å². The summed E-state index contributed by atoms with van der Waals surface area (Å²) in [5, 5.41) is 0. The van der Waals surface area contributed by atoms with Crippen LogP contribution in [0.15, 0.2) is 0 Å².